The van der Waals surface area contributed by atoms with E-state index in [1.165, 1.54) is 16.8 Å². The maximum absolute atomic E-state index is 13.4. The smallest absolute Gasteiger partial charge is 0.246 e. The largest absolute Gasteiger partial charge is 0.464 e. The molecule has 0 radical (unpaired) electrons. The second-order valence-corrected chi connectivity index (χ2v) is 7.78. The van der Waals surface area contributed by atoms with Crippen molar-refractivity contribution in [3.05, 3.63) is 63.2 Å². The van der Waals surface area contributed by atoms with Crippen molar-refractivity contribution < 1.29 is 13.6 Å². The van der Waals surface area contributed by atoms with E-state index in [0.717, 1.165) is 16.6 Å². The molecule has 142 valence electrons. The predicted molar refractivity (Wildman–Crippen MR) is 110 cm³/mol. The van der Waals surface area contributed by atoms with Crippen molar-refractivity contribution in [3.63, 3.8) is 0 Å². The molecule has 4 aromatic rings. The summed E-state index contributed by atoms with van der Waals surface area (Å²) in [4.78, 5) is 17.0. The number of fused-ring (bicyclic) bond motifs is 1. The number of aromatic nitrogens is 3. The van der Waals surface area contributed by atoms with Crippen LogP contribution in [-0.4, -0.2) is 20.7 Å². The molecule has 6 nitrogen and oxygen atoms in total. The van der Waals surface area contributed by atoms with Crippen LogP contribution in [-0.2, 0) is 11.3 Å². The number of hydrogen-bond donors (Lipinski definition) is 1. The Morgan fingerprint density at radius 1 is 1.29 bits per heavy atom. The molecule has 0 unspecified atom stereocenters. The Balaban J connectivity index is 1.66. The molecule has 0 saturated heterocycles. The summed E-state index contributed by atoms with van der Waals surface area (Å²) in [6.07, 6.45) is 3.26. The molecule has 0 atom stereocenters. The van der Waals surface area contributed by atoms with E-state index in [0.29, 0.717) is 26.0 Å². The maximum atomic E-state index is 13.4. The molecule has 9 heteroatoms. The normalized spacial score (nSPS) is 11.1. The van der Waals surface area contributed by atoms with E-state index in [2.05, 4.69) is 47.3 Å². The van der Waals surface area contributed by atoms with E-state index in [4.69, 9.17) is 4.42 Å². The molecule has 3 heterocycles. The molecule has 0 fully saturated rings. The van der Waals surface area contributed by atoms with Crippen molar-refractivity contribution in [3.8, 4) is 11.3 Å². The highest BCUT2D eigenvalue weighted by Crippen LogP contribution is 2.33. The summed E-state index contributed by atoms with van der Waals surface area (Å²) in [6, 6.07) is 8.10. The van der Waals surface area contributed by atoms with Gasteiger partial charge < -0.3 is 9.73 Å². The number of aryl methyl sites for hydroxylation is 1. The number of carbonyl (C=O) groups is 1. The molecule has 0 aliphatic carbocycles. The van der Waals surface area contributed by atoms with Crippen LogP contribution in [0.15, 0.2) is 56.2 Å². The summed E-state index contributed by atoms with van der Waals surface area (Å²) < 4.78 is 21.3. The van der Waals surface area contributed by atoms with E-state index >= 15 is 0 Å². The first-order valence-electron chi connectivity index (χ1n) is 8.24. The minimum atomic E-state index is -0.417. The molecule has 0 aliphatic heterocycles. The number of nitrogens with zero attached hydrogens (tertiary/aromatic N) is 3. The molecule has 1 aromatic carbocycles. The number of carbonyl (C=O) groups excluding carboxylic acids is 1. The molecule has 0 saturated carbocycles. The summed E-state index contributed by atoms with van der Waals surface area (Å²) in [5.74, 6) is -0.0265. The fourth-order valence-corrected chi connectivity index (χ4v) is 4.33. The van der Waals surface area contributed by atoms with Crippen LogP contribution in [0.2, 0.25) is 0 Å². The van der Waals surface area contributed by atoms with Gasteiger partial charge in [-0.3, -0.25) is 4.79 Å². The molecule has 0 aliphatic rings. The van der Waals surface area contributed by atoms with Gasteiger partial charge in [0.1, 0.15) is 18.1 Å². The van der Waals surface area contributed by atoms with Crippen LogP contribution in [0, 0.1) is 12.7 Å². The zero-order valence-corrected chi connectivity index (χ0v) is 17.7. The van der Waals surface area contributed by atoms with Crippen molar-refractivity contribution in [1.29, 1.82) is 0 Å². The average molecular weight is 508 g/mol. The third kappa shape index (κ3) is 3.47. The van der Waals surface area contributed by atoms with Crippen LogP contribution < -0.4 is 5.32 Å². The topological polar surface area (TPSA) is 73.0 Å². The lowest BCUT2D eigenvalue weighted by molar-refractivity contribution is -0.116. The number of benzene rings is 1. The highest BCUT2D eigenvalue weighted by molar-refractivity contribution is 9.11. The zero-order valence-electron chi connectivity index (χ0n) is 14.5. The molecule has 28 heavy (non-hydrogen) atoms. The summed E-state index contributed by atoms with van der Waals surface area (Å²) >= 11 is 6.51. The van der Waals surface area contributed by atoms with Crippen LogP contribution in [0.3, 0.4) is 0 Å². The molecule has 0 spiro atoms. The van der Waals surface area contributed by atoms with Crippen LogP contribution >= 0.6 is 31.9 Å². The summed E-state index contributed by atoms with van der Waals surface area (Å²) in [5, 5.41) is 8.06. The van der Waals surface area contributed by atoms with E-state index in [9.17, 15) is 9.18 Å². The molecule has 0 bridgehead atoms. The number of pyridine rings is 1. The minimum absolute atomic E-state index is 0.0464. The van der Waals surface area contributed by atoms with Gasteiger partial charge in [0.15, 0.2) is 5.65 Å². The van der Waals surface area contributed by atoms with Gasteiger partial charge in [-0.05, 0) is 69.1 Å². The van der Waals surface area contributed by atoms with E-state index < -0.39 is 5.82 Å². The third-order valence-corrected chi connectivity index (χ3v) is 5.41. The number of hydrogen-bond acceptors (Lipinski definition) is 4. The summed E-state index contributed by atoms with van der Waals surface area (Å²) in [5.41, 5.74) is 2.64. The standard InChI is InChI=1S/C19H13Br2FN4O2/c1-10-17-12(15-3-2-6-28-15)4-5-23-19(17)26(25-10)9-16(27)24-18-13(20)7-11(22)8-14(18)21/h2-8H,9H2,1H3,(H,24,27). The Bertz CT molecular complexity index is 1170. The lowest BCUT2D eigenvalue weighted by Crippen LogP contribution is -2.20. The van der Waals surface area contributed by atoms with Gasteiger partial charge in [-0.15, -0.1) is 0 Å². The highest BCUT2D eigenvalue weighted by Gasteiger charge is 2.18. The lowest BCUT2D eigenvalue weighted by Gasteiger charge is -2.10. The molecule has 3 aromatic heterocycles. The van der Waals surface area contributed by atoms with Gasteiger partial charge >= 0.3 is 0 Å². The summed E-state index contributed by atoms with van der Waals surface area (Å²) in [7, 11) is 0. The van der Waals surface area contributed by atoms with Gasteiger partial charge in [0.2, 0.25) is 5.91 Å². The number of halogens is 3. The maximum Gasteiger partial charge on any atom is 0.246 e. The number of amides is 1. The number of anilines is 1. The number of furan rings is 1. The Hall–Kier alpha value is -2.52. The quantitative estimate of drug-likeness (QED) is 0.406. The Morgan fingerprint density at radius 3 is 2.71 bits per heavy atom. The van der Waals surface area contributed by atoms with Gasteiger partial charge in [0.25, 0.3) is 0 Å². The third-order valence-electron chi connectivity index (χ3n) is 4.16. The molecular weight excluding hydrogens is 495 g/mol. The van der Waals surface area contributed by atoms with Gasteiger partial charge in [0.05, 0.1) is 23.0 Å². The van der Waals surface area contributed by atoms with Crippen LogP contribution in [0.1, 0.15) is 5.69 Å². The van der Waals surface area contributed by atoms with Crippen molar-refractivity contribution in [2.45, 2.75) is 13.5 Å². The van der Waals surface area contributed by atoms with Crippen molar-refractivity contribution in [1.82, 2.24) is 14.8 Å². The van der Waals surface area contributed by atoms with Crippen LogP contribution in [0.25, 0.3) is 22.4 Å². The van der Waals surface area contributed by atoms with Gasteiger partial charge in [0, 0.05) is 20.7 Å². The Morgan fingerprint density at radius 2 is 2.04 bits per heavy atom. The first kappa shape index (κ1) is 18.8. The SMILES string of the molecule is Cc1nn(CC(=O)Nc2c(Br)cc(F)cc2Br)c2nccc(-c3ccco3)c12. The molecule has 4 rings (SSSR count). The second kappa shape index (κ2) is 7.48. The lowest BCUT2D eigenvalue weighted by atomic mass is 10.1. The van der Waals surface area contributed by atoms with Crippen LogP contribution in [0.4, 0.5) is 10.1 Å². The van der Waals surface area contributed by atoms with Crippen molar-refractivity contribution in [2.75, 3.05) is 5.32 Å². The molecule has 1 N–H and O–H groups in total. The Labute approximate surface area is 176 Å². The van der Waals surface area contributed by atoms with Gasteiger partial charge in [-0.25, -0.2) is 14.1 Å². The van der Waals surface area contributed by atoms with Gasteiger partial charge in [-0.2, -0.15) is 5.10 Å². The zero-order chi connectivity index (χ0) is 19.8. The van der Waals surface area contributed by atoms with E-state index in [1.807, 2.05) is 25.1 Å². The Kier molecular flexibility index (Phi) is 5.03. The molecule has 1 amide bonds. The van der Waals surface area contributed by atoms with E-state index in [-0.39, 0.29) is 12.5 Å². The average Bonchev–Trinajstić information content (AvgIpc) is 3.27. The first-order chi connectivity index (χ1) is 13.4. The number of nitrogens with one attached hydrogen (secondary N) is 1. The van der Waals surface area contributed by atoms with Crippen molar-refractivity contribution in [2.24, 2.45) is 0 Å². The fourth-order valence-electron chi connectivity index (χ4n) is 3.01. The second-order valence-electron chi connectivity index (χ2n) is 6.07. The fraction of sp³-hybridized carbons (Fsp3) is 0.105. The highest BCUT2D eigenvalue weighted by atomic mass is 79.9. The number of rotatable bonds is 4. The minimum Gasteiger partial charge on any atom is -0.464 e. The summed E-state index contributed by atoms with van der Waals surface area (Å²) in [6.45, 7) is 1.81. The monoisotopic (exact) mass is 506 g/mol. The first-order valence-corrected chi connectivity index (χ1v) is 9.83. The molecular formula is C19H13Br2FN4O2. The van der Waals surface area contributed by atoms with E-state index in [1.54, 1.807) is 12.5 Å². The van der Waals surface area contributed by atoms with Crippen molar-refractivity contribution >= 4 is 54.5 Å². The van der Waals surface area contributed by atoms with Crippen LogP contribution in [0.5, 0.6) is 0 Å². The predicted octanol–water partition coefficient (Wildman–Crippen LogP) is 5.30. The van der Waals surface area contributed by atoms with Gasteiger partial charge in [-0.1, -0.05) is 0 Å².